The van der Waals surface area contributed by atoms with Gasteiger partial charge in [0.15, 0.2) is 0 Å². The highest BCUT2D eigenvalue weighted by Gasteiger charge is 2.29. The summed E-state index contributed by atoms with van der Waals surface area (Å²) < 4.78 is 26.1. The fraction of sp³-hybridized carbons (Fsp3) is 0.417. The monoisotopic (exact) mass is 286 g/mol. The quantitative estimate of drug-likeness (QED) is 0.839. The van der Waals surface area contributed by atoms with Crippen molar-refractivity contribution in [1.29, 1.82) is 0 Å². The van der Waals surface area contributed by atoms with Gasteiger partial charge in [-0.15, -0.1) is 0 Å². The summed E-state index contributed by atoms with van der Waals surface area (Å²) >= 11 is 4.78. The molecule has 0 heterocycles. The number of thiocarbonyl (C=S) groups is 1. The van der Waals surface area contributed by atoms with Crippen molar-refractivity contribution in [2.24, 2.45) is 5.73 Å². The molecule has 0 aliphatic heterocycles. The molecule has 0 amide bonds. The first-order chi connectivity index (χ1) is 8.30. The van der Waals surface area contributed by atoms with Crippen LogP contribution in [0.3, 0.4) is 0 Å². The van der Waals surface area contributed by atoms with Gasteiger partial charge in [0.2, 0.25) is 10.0 Å². The van der Waals surface area contributed by atoms with Gasteiger partial charge in [-0.2, -0.15) is 0 Å². The van der Waals surface area contributed by atoms with Crippen molar-refractivity contribution in [2.45, 2.75) is 26.0 Å². The molecule has 0 fully saturated rings. The summed E-state index contributed by atoms with van der Waals surface area (Å²) in [6, 6.07) is 7.34. The van der Waals surface area contributed by atoms with E-state index in [9.17, 15) is 8.42 Å². The Kier molecular flexibility index (Phi) is 4.70. The molecule has 4 nitrogen and oxygen atoms in total. The minimum absolute atomic E-state index is 0.0129. The summed E-state index contributed by atoms with van der Waals surface area (Å²) in [6.07, 6.45) is 0. The van der Waals surface area contributed by atoms with E-state index < -0.39 is 15.3 Å². The Hall–Kier alpha value is -1.14. The minimum Gasteiger partial charge on any atom is -0.392 e. The molecular weight excluding hydrogens is 268 g/mol. The number of anilines is 1. The molecular formula is C12H18N2O2S2. The van der Waals surface area contributed by atoms with Gasteiger partial charge in [0.25, 0.3) is 0 Å². The van der Waals surface area contributed by atoms with E-state index in [-0.39, 0.29) is 4.99 Å². The number of benzene rings is 1. The lowest BCUT2D eigenvalue weighted by Gasteiger charge is -2.26. The lowest BCUT2D eigenvalue weighted by Crippen LogP contribution is -2.43. The van der Waals surface area contributed by atoms with Gasteiger partial charge < -0.3 is 5.73 Å². The van der Waals surface area contributed by atoms with Gasteiger partial charge in [-0.05, 0) is 38.5 Å². The molecule has 18 heavy (non-hydrogen) atoms. The van der Waals surface area contributed by atoms with Gasteiger partial charge in [0, 0.05) is 6.54 Å². The first kappa shape index (κ1) is 14.9. The first-order valence-corrected chi connectivity index (χ1v) is 7.59. The average molecular weight is 286 g/mol. The van der Waals surface area contributed by atoms with E-state index in [4.69, 9.17) is 18.0 Å². The van der Waals surface area contributed by atoms with Crippen LogP contribution in [0.15, 0.2) is 24.3 Å². The third-order valence-electron chi connectivity index (χ3n) is 2.73. The molecule has 1 atom stereocenters. The lowest BCUT2D eigenvalue weighted by atomic mass is 10.2. The Morgan fingerprint density at radius 1 is 1.50 bits per heavy atom. The average Bonchev–Trinajstić information content (AvgIpc) is 2.28. The van der Waals surface area contributed by atoms with Crippen LogP contribution < -0.4 is 10.0 Å². The summed E-state index contributed by atoms with van der Waals surface area (Å²) in [6.45, 7) is 5.56. The third-order valence-corrected chi connectivity index (χ3v) is 5.47. The molecule has 1 aromatic carbocycles. The van der Waals surface area contributed by atoms with Crippen LogP contribution in [0.5, 0.6) is 0 Å². The maximum atomic E-state index is 12.4. The Balaban J connectivity index is 3.22. The van der Waals surface area contributed by atoms with E-state index in [0.29, 0.717) is 12.2 Å². The number of hydrogen-bond acceptors (Lipinski definition) is 3. The minimum atomic E-state index is -3.55. The summed E-state index contributed by atoms with van der Waals surface area (Å²) in [5.41, 5.74) is 7.09. The SMILES string of the molecule is CCN(c1cccc(C)c1)S(=O)(=O)C(C)C(N)=S. The van der Waals surface area contributed by atoms with Crippen LogP contribution in [0.4, 0.5) is 5.69 Å². The second-order valence-corrected chi connectivity index (χ2v) is 6.74. The van der Waals surface area contributed by atoms with E-state index in [0.717, 1.165) is 5.56 Å². The maximum Gasteiger partial charge on any atom is 0.244 e. The second kappa shape index (κ2) is 5.67. The van der Waals surface area contributed by atoms with E-state index in [1.54, 1.807) is 13.0 Å². The maximum absolute atomic E-state index is 12.4. The molecule has 6 heteroatoms. The molecule has 0 bridgehead atoms. The highest BCUT2D eigenvalue weighted by atomic mass is 32.2. The first-order valence-electron chi connectivity index (χ1n) is 5.68. The van der Waals surface area contributed by atoms with E-state index in [1.165, 1.54) is 11.2 Å². The van der Waals surface area contributed by atoms with Gasteiger partial charge in [0.1, 0.15) is 5.25 Å². The van der Waals surface area contributed by atoms with Gasteiger partial charge >= 0.3 is 0 Å². The molecule has 0 aromatic heterocycles. The second-order valence-electron chi connectivity index (χ2n) is 4.09. The molecule has 0 saturated carbocycles. The molecule has 0 aliphatic carbocycles. The summed E-state index contributed by atoms with van der Waals surface area (Å²) in [5, 5.41) is -0.868. The van der Waals surface area contributed by atoms with Crippen molar-refractivity contribution in [3.8, 4) is 0 Å². The fourth-order valence-corrected chi connectivity index (χ4v) is 3.44. The number of rotatable bonds is 5. The largest absolute Gasteiger partial charge is 0.392 e. The van der Waals surface area contributed by atoms with E-state index in [1.807, 2.05) is 25.1 Å². The van der Waals surface area contributed by atoms with Crippen molar-refractivity contribution in [3.05, 3.63) is 29.8 Å². The lowest BCUT2D eigenvalue weighted by molar-refractivity contribution is 0.589. The smallest absolute Gasteiger partial charge is 0.244 e. The topological polar surface area (TPSA) is 63.4 Å². The van der Waals surface area contributed by atoms with Gasteiger partial charge in [-0.1, -0.05) is 24.4 Å². The molecule has 1 rings (SSSR count). The van der Waals surface area contributed by atoms with Crippen molar-refractivity contribution in [3.63, 3.8) is 0 Å². The van der Waals surface area contributed by atoms with Crippen molar-refractivity contribution >= 4 is 32.9 Å². The normalized spacial score (nSPS) is 13.1. The zero-order valence-corrected chi connectivity index (χ0v) is 12.4. The van der Waals surface area contributed by atoms with Crippen molar-refractivity contribution in [1.82, 2.24) is 0 Å². The van der Waals surface area contributed by atoms with Crippen LogP contribution in [-0.4, -0.2) is 25.2 Å². The number of aryl methyl sites for hydroxylation is 1. The molecule has 100 valence electrons. The molecule has 2 N–H and O–H groups in total. The third kappa shape index (κ3) is 3.00. The van der Waals surface area contributed by atoms with Crippen LogP contribution >= 0.6 is 12.2 Å². The van der Waals surface area contributed by atoms with Crippen LogP contribution in [0, 0.1) is 6.92 Å². The van der Waals surface area contributed by atoms with Crippen LogP contribution in [0.25, 0.3) is 0 Å². The Bertz CT molecular complexity index is 541. The van der Waals surface area contributed by atoms with Gasteiger partial charge in [-0.25, -0.2) is 8.42 Å². The van der Waals surface area contributed by atoms with E-state index in [2.05, 4.69) is 0 Å². The Labute approximate surface area is 114 Å². The number of hydrogen-bond donors (Lipinski definition) is 1. The molecule has 0 radical (unpaired) electrons. The predicted molar refractivity (Wildman–Crippen MR) is 79.4 cm³/mol. The fourth-order valence-electron chi connectivity index (χ4n) is 1.63. The molecule has 1 aromatic rings. The predicted octanol–water partition coefficient (Wildman–Crippen LogP) is 1.83. The van der Waals surface area contributed by atoms with Crippen LogP contribution in [-0.2, 0) is 10.0 Å². The molecule has 1 unspecified atom stereocenters. The number of sulfonamides is 1. The Morgan fingerprint density at radius 2 is 2.11 bits per heavy atom. The van der Waals surface area contributed by atoms with E-state index >= 15 is 0 Å². The summed E-state index contributed by atoms with van der Waals surface area (Å²) in [4.78, 5) is -0.0129. The summed E-state index contributed by atoms with van der Waals surface area (Å²) in [5.74, 6) is 0. The van der Waals surface area contributed by atoms with Crippen LogP contribution in [0.2, 0.25) is 0 Å². The number of nitrogens with zero attached hydrogens (tertiary/aromatic N) is 1. The van der Waals surface area contributed by atoms with Gasteiger partial charge in [0.05, 0.1) is 10.7 Å². The van der Waals surface area contributed by atoms with Crippen molar-refractivity contribution < 1.29 is 8.42 Å². The molecule has 0 aliphatic rings. The zero-order chi connectivity index (χ0) is 13.9. The molecule has 0 spiro atoms. The van der Waals surface area contributed by atoms with Gasteiger partial charge in [-0.3, -0.25) is 4.31 Å². The zero-order valence-electron chi connectivity index (χ0n) is 10.8. The standard InChI is InChI=1S/C12H18N2O2S2/c1-4-14(11-7-5-6-9(2)8-11)18(15,16)10(3)12(13)17/h5-8,10H,4H2,1-3H3,(H2,13,17). The Morgan fingerprint density at radius 3 is 2.56 bits per heavy atom. The molecule has 0 saturated heterocycles. The van der Waals surface area contributed by atoms with Crippen LogP contribution in [0.1, 0.15) is 19.4 Å². The number of nitrogens with two attached hydrogens (primary N) is 1. The van der Waals surface area contributed by atoms with Crippen molar-refractivity contribution in [2.75, 3.05) is 10.8 Å². The highest BCUT2D eigenvalue weighted by Crippen LogP contribution is 2.21. The summed E-state index contributed by atoms with van der Waals surface area (Å²) in [7, 11) is -3.55. The highest BCUT2D eigenvalue weighted by molar-refractivity contribution is 7.95.